The number of rotatable bonds is 6. The molecule has 0 aliphatic carbocycles. The SMILES string of the molecule is CCN(CC)Cc1nc2sc(C)c(C)c2c(=O)n1CC(=O)N1CCc2ccccc2C1. The maximum absolute atomic E-state index is 13.5. The maximum Gasteiger partial charge on any atom is 0.263 e. The Morgan fingerprint density at radius 2 is 1.87 bits per heavy atom. The summed E-state index contributed by atoms with van der Waals surface area (Å²) in [6, 6.07) is 8.27. The minimum atomic E-state index is -0.0974. The Morgan fingerprint density at radius 3 is 2.58 bits per heavy atom. The van der Waals surface area contributed by atoms with Crippen molar-refractivity contribution < 1.29 is 4.79 Å². The van der Waals surface area contributed by atoms with E-state index in [0.717, 1.165) is 34.8 Å². The topological polar surface area (TPSA) is 58.4 Å². The van der Waals surface area contributed by atoms with Crippen LogP contribution in [0.2, 0.25) is 0 Å². The molecular formula is C24H30N4O2S. The average molecular weight is 439 g/mol. The molecule has 3 heterocycles. The lowest BCUT2D eigenvalue weighted by atomic mass is 10.00. The van der Waals surface area contributed by atoms with Gasteiger partial charge in [0.05, 0.1) is 11.9 Å². The summed E-state index contributed by atoms with van der Waals surface area (Å²) in [5.41, 5.74) is 3.37. The first kappa shape index (κ1) is 21.7. The van der Waals surface area contributed by atoms with Crippen LogP contribution in [-0.4, -0.2) is 44.9 Å². The molecule has 6 nitrogen and oxygen atoms in total. The molecule has 0 bridgehead atoms. The Labute approximate surface area is 187 Å². The van der Waals surface area contributed by atoms with Crippen molar-refractivity contribution in [3.63, 3.8) is 0 Å². The molecule has 2 aromatic heterocycles. The number of fused-ring (bicyclic) bond motifs is 2. The number of carbonyl (C=O) groups is 1. The summed E-state index contributed by atoms with van der Waals surface area (Å²) in [7, 11) is 0. The van der Waals surface area contributed by atoms with Gasteiger partial charge in [0.1, 0.15) is 17.2 Å². The second-order valence-electron chi connectivity index (χ2n) is 8.18. The van der Waals surface area contributed by atoms with Crippen molar-refractivity contribution in [2.45, 2.75) is 53.8 Å². The molecule has 1 aromatic carbocycles. The molecule has 0 radical (unpaired) electrons. The Morgan fingerprint density at radius 1 is 1.16 bits per heavy atom. The standard InChI is InChI=1S/C24H30N4O2S/c1-5-26(6-2)14-20-25-23-22(16(3)17(4)31-23)24(30)28(20)15-21(29)27-12-11-18-9-7-8-10-19(18)13-27/h7-10H,5-6,11-15H2,1-4H3. The van der Waals surface area contributed by atoms with Crippen LogP contribution in [-0.2, 0) is 30.8 Å². The number of nitrogens with zero attached hydrogens (tertiary/aromatic N) is 4. The van der Waals surface area contributed by atoms with Crippen molar-refractivity contribution in [3.8, 4) is 0 Å². The average Bonchev–Trinajstić information content (AvgIpc) is 3.07. The van der Waals surface area contributed by atoms with Gasteiger partial charge in [-0.25, -0.2) is 4.98 Å². The normalized spacial score (nSPS) is 13.8. The number of hydrogen-bond donors (Lipinski definition) is 0. The fraction of sp³-hybridized carbons (Fsp3) is 0.458. The third-order valence-electron chi connectivity index (χ3n) is 6.40. The minimum absolute atomic E-state index is 0.0249. The van der Waals surface area contributed by atoms with Crippen LogP contribution >= 0.6 is 11.3 Å². The van der Waals surface area contributed by atoms with Gasteiger partial charge >= 0.3 is 0 Å². The fourth-order valence-corrected chi connectivity index (χ4v) is 5.28. The first-order chi connectivity index (χ1) is 14.9. The summed E-state index contributed by atoms with van der Waals surface area (Å²) in [6.07, 6.45) is 0.850. The molecule has 0 N–H and O–H groups in total. The van der Waals surface area contributed by atoms with Crippen LogP contribution in [0.1, 0.15) is 41.2 Å². The van der Waals surface area contributed by atoms with Gasteiger partial charge in [0.15, 0.2) is 0 Å². The van der Waals surface area contributed by atoms with Gasteiger partial charge in [-0.2, -0.15) is 0 Å². The number of amides is 1. The molecule has 31 heavy (non-hydrogen) atoms. The van der Waals surface area contributed by atoms with E-state index < -0.39 is 0 Å². The van der Waals surface area contributed by atoms with Crippen LogP contribution in [0.4, 0.5) is 0 Å². The van der Waals surface area contributed by atoms with Gasteiger partial charge in [0, 0.05) is 18.0 Å². The van der Waals surface area contributed by atoms with Crippen molar-refractivity contribution in [1.29, 1.82) is 0 Å². The number of thiophene rings is 1. The van der Waals surface area contributed by atoms with E-state index in [9.17, 15) is 9.59 Å². The smallest absolute Gasteiger partial charge is 0.263 e. The molecule has 0 fully saturated rings. The van der Waals surface area contributed by atoms with Crippen LogP contribution < -0.4 is 5.56 Å². The molecule has 1 amide bonds. The molecule has 0 atom stereocenters. The monoisotopic (exact) mass is 438 g/mol. The van der Waals surface area contributed by atoms with Gasteiger partial charge in [0.2, 0.25) is 5.91 Å². The molecule has 0 saturated heterocycles. The van der Waals surface area contributed by atoms with Gasteiger partial charge in [-0.3, -0.25) is 19.1 Å². The zero-order valence-corrected chi connectivity index (χ0v) is 19.6. The molecule has 0 unspecified atom stereocenters. The van der Waals surface area contributed by atoms with Crippen LogP contribution in [0, 0.1) is 13.8 Å². The Kier molecular flexibility index (Phi) is 6.25. The highest BCUT2D eigenvalue weighted by Crippen LogP contribution is 2.27. The quantitative estimate of drug-likeness (QED) is 0.591. The van der Waals surface area contributed by atoms with Gasteiger partial charge < -0.3 is 4.90 Å². The highest BCUT2D eigenvalue weighted by atomic mass is 32.1. The number of aryl methyl sites for hydroxylation is 2. The largest absolute Gasteiger partial charge is 0.336 e. The molecule has 0 saturated carbocycles. The third kappa shape index (κ3) is 4.16. The van der Waals surface area contributed by atoms with Crippen molar-refractivity contribution in [3.05, 3.63) is 62.0 Å². The minimum Gasteiger partial charge on any atom is -0.336 e. The lowest BCUT2D eigenvalue weighted by Gasteiger charge is -2.29. The summed E-state index contributed by atoms with van der Waals surface area (Å²) < 4.78 is 1.61. The van der Waals surface area contributed by atoms with Gasteiger partial charge in [0.25, 0.3) is 5.56 Å². The van der Waals surface area contributed by atoms with E-state index in [2.05, 4.69) is 30.9 Å². The third-order valence-corrected chi connectivity index (χ3v) is 7.51. The van der Waals surface area contributed by atoms with Crippen molar-refractivity contribution in [2.75, 3.05) is 19.6 Å². The lowest BCUT2D eigenvalue weighted by Crippen LogP contribution is -2.41. The van der Waals surface area contributed by atoms with Crippen LogP contribution in [0.25, 0.3) is 10.2 Å². The van der Waals surface area contributed by atoms with E-state index in [1.807, 2.05) is 30.9 Å². The van der Waals surface area contributed by atoms with Gasteiger partial charge in [-0.05, 0) is 50.0 Å². The first-order valence-corrected chi connectivity index (χ1v) is 11.8. The van der Waals surface area contributed by atoms with Crippen molar-refractivity contribution in [2.24, 2.45) is 0 Å². The number of aromatic nitrogens is 2. The molecule has 164 valence electrons. The van der Waals surface area contributed by atoms with E-state index in [1.165, 1.54) is 11.1 Å². The van der Waals surface area contributed by atoms with Crippen LogP contribution in [0.3, 0.4) is 0 Å². The maximum atomic E-state index is 13.5. The first-order valence-electron chi connectivity index (χ1n) is 11.0. The second-order valence-corrected chi connectivity index (χ2v) is 9.38. The molecule has 1 aliphatic rings. The Balaban J connectivity index is 1.69. The van der Waals surface area contributed by atoms with E-state index in [1.54, 1.807) is 15.9 Å². The predicted octanol–water partition coefficient (Wildman–Crippen LogP) is 3.50. The molecule has 4 rings (SSSR count). The summed E-state index contributed by atoms with van der Waals surface area (Å²) in [5.74, 6) is 0.649. The fourth-order valence-electron chi connectivity index (χ4n) is 4.24. The number of hydrogen-bond acceptors (Lipinski definition) is 5. The molecule has 7 heteroatoms. The molecule has 1 aliphatic heterocycles. The van der Waals surface area contributed by atoms with E-state index >= 15 is 0 Å². The number of benzene rings is 1. The van der Waals surface area contributed by atoms with Gasteiger partial charge in [-0.15, -0.1) is 11.3 Å². The van der Waals surface area contributed by atoms with Crippen LogP contribution in [0.15, 0.2) is 29.1 Å². The van der Waals surface area contributed by atoms with Crippen LogP contribution in [0.5, 0.6) is 0 Å². The zero-order valence-electron chi connectivity index (χ0n) is 18.8. The lowest BCUT2D eigenvalue weighted by molar-refractivity contribution is -0.132. The Bertz CT molecular complexity index is 1180. The zero-order chi connectivity index (χ0) is 22.1. The molecule has 0 spiro atoms. The van der Waals surface area contributed by atoms with E-state index in [-0.39, 0.29) is 18.0 Å². The summed E-state index contributed by atoms with van der Waals surface area (Å²) in [5, 5.41) is 0.655. The highest BCUT2D eigenvalue weighted by Gasteiger charge is 2.24. The summed E-state index contributed by atoms with van der Waals surface area (Å²) >= 11 is 1.56. The predicted molar refractivity (Wildman–Crippen MR) is 126 cm³/mol. The number of carbonyl (C=O) groups excluding carboxylic acids is 1. The summed E-state index contributed by atoms with van der Waals surface area (Å²) in [6.45, 7) is 11.8. The van der Waals surface area contributed by atoms with Crippen molar-refractivity contribution in [1.82, 2.24) is 19.4 Å². The highest BCUT2D eigenvalue weighted by molar-refractivity contribution is 7.18. The molecular weight excluding hydrogens is 408 g/mol. The van der Waals surface area contributed by atoms with Crippen molar-refractivity contribution >= 4 is 27.5 Å². The van der Waals surface area contributed by atoms with Gasteiger partial charge in [-0.1, -0.05) is 38.1 Å². The molecule has 3 aromatic rings. The Hall–Kier alpha value is -2.51. The van der Waals surface area contributed by atoms with E-state index in [4.69, 9.17) is 4.98 Å². The van der Waals surface area contributed by atoms with E-state index in [0.29, 0.717) is 30.8 Å². The summed E-state index contributed by atoms with van der Waals surface area (Å²) in [4.78, 5) is 37.6. The second kappa shape index (κ2) is 8.93.